The standard InChI is InChI=1S/C20H17N5OS/c26-20(24-23-19-21-13-7-1-2-8-14(13)22-19)25-15-9-3-5-11-17(15)27-18-12-6-4-10-16(18)25/h1-12,15,17H,(H,24,26)(H2,21,22,23)/t15-,17-/m1/s1. The normalized spacial score (nSPS) is 20.2. The number of imidazole rings is 1. The molecule has 0 saturated carbocycles. The zero-order valence-electron chi connectivity index (χ0n) is 14.3. The third-order valence-electron chi connectivity index (χ3n) is 4.64. The van der Waals surface area contributed by atoms with E-state index >= 15 is 0 Å². The molecule has 2 heterocycles. The molecule has 27 heavy (non-hydrogen) atoms. The number of rotatable bonds is 2. The topological polar surface area (TPSA) is 73.0 Å². The number of amides is 2. The summed E-state index contributed by atoms with van der Waals surface area (Å²) in [5, 5.41) is 0.196. The van der Waals surface area contributed by atoms with Gasteiger partial charge in [0.15, 0.2) is 0 Å². The van der Waals surface area contributed by atoms with E-state index in [0.29, 0.717) is 5.95 Å². The summed E-state index contributed by atoms with van der Waals surface area (Å²) in [7, 11) is 0. The Bertz CT molecular complexity index is 1040. The van der Waals surface area contributed by atoms with E-state index in [2.05, 4.69) is 39.0 Å². The molecule has 0 saturated heterocycles. The molecule has 134 valence electrons. The highest BCUT2D eigenvalue weighted by molar-refractivity contribution is 8.00. The highest BCUT2D eigenvalue weighted by Crippen LogP contribution is 2.43. The van der Waals surface area contributed by atoms with Gasteiger partial charge in [0, 0.05) is 4.90 Å². The predicted octanol–water partition coefficient (Wildman–Crippen LogP) is 4.07. The lowest BCUT2D eigenvalue weighted by Gasteiger charge is -2.40. The molecule has 7 heteroatoms. The molecule has 6 nitrogen and oxygen atoms in total. The average Bonchev–Trinajstić information content (AvgIpc) is 3.13. The maximum atomic E-state index is 13.0. The van der Waals surface area contributed by atoms with Crippen LogP contribution in [0.5, 0.6) is 0 Å². The van der Waals surface area contributed by atoms with Gasteiger partial charge in [-0.3, -0.25) is 10.3 Å². The van der Waals surface area contributed by atoms with Gasteiger partial charge < -0.3 is 4.98 Å². The number of anilines is 2. The molecule has 2 amide bonds. The molecular weight excluding hydrogens is 358 g/mol. The number of benzene rings is 2. The predicted molar refractivity (Wildman–Crippen MR) is 109 cm³/mol. The Morgan fingerprint density at radius 2 is 1.89 bits per heavy atom. The van der Waals surface area contributed by atoms with E-state index in [0.717, 1.165) is 21.6 Å². The zero-order valence-corrected chi connectivity index (χ0v) is 15.1. The van der Waals surface area contributed by atoms with Crippen molar-refractivity contribution in [2.45, 2.75) is 16.2 Å². The number of hydrazine groups is 1. The van der Waals surface area contributed by atoms with Crippen molar-refractivity contribution in [2.75, 3.05) is 10.3 Å². The summed E-state index contributed by atoms with van der Waals surface area (Å²) in [5.74, 6) is 0.500. The van der Waals surface area contributed by atoms with Crippen molar-refractivity contribution in [3.05, 3.63) is 72.8 Å². The minimum atomic E-state index is -0.224. The molecular formula is C20H17N5OS. The highest BCUT2D eigenvalue weighted by atomic mass is 32.2. The smallest absolute Gasteiger partial charge is 0.323 e. The summed E-state index contributed by atoms with van der Waals surface area (Å²) in [4.78, 5) is 23.5. The summed E-state index contributed by atoms with van der Waals surface area (Å²) in [6, 6.07) is 15.4. The number of urea groups is 1. The number of nitrogens with one attached hydrogen (secondary N) is 3. The number of hydrogen-bond donors (Lipinski definition) is 3. The number of aromatic nitrogens is 2. The molecule has 3 N–H and O–H groups in total. The lowest BCUT2D eigenvalue weighted by Crippen LogP contribution is -2.53. The van der Waals surface area contributed by atoms with E-state index in [1.54, 1.807) is 16.7 Å². The summed E-state index contributed by atoms with van der Waals surface area (Å²) >= 11 is 1.78. The van der Waals surface area contributed by atoms with Gasteiger partial charge in [-0.05, 0) is 24.3 Å². The van der Waals surface area contributed by atoms with Crippen molar-refractivity contribution < 1.29 is 4.79 Å². The molecule has 1 aromatic heterocycles. The Labute approximate surface area is 160 Å². The Balaban J connectivity index is 1.41. The number of allylic oxidation sites excluding steroid dienone is 2. The number of H-pyrrole nitrogens is 1. The molecule has 2 aromatic carbocycles. The van der Waals surface area contributed by atoms with Gasteiger partial charge in [-0.25, -0.2) is 15.2 Å². The molecule has 0 spiro atoms. The second-order valence-corrected chi connectivity index (χ2v) is 7.56. The zero-order chi connectivity index (χ0) is 18.2. The lowest BCUT2D eigenvalue weighted by molar-refractivity contribution is 0.246. The second-order valence-electron chi connectivity index (χ2n) is 6.34. The van der Waals surface area contributed by atoms with Gasteiger partial charge in [0.2, 0.25) is 5.95 Å². The fourth-order valence-corrected chi connectivity index (χ4v) is 4.67. The first-order valence-corrected chi connectivity index (χ1v) is 9.58. The van der Waals surface area contributed by atoms with Crippen molar-refractivity contribution in [3.8, 4) is 0 Å². The monoisotopic (exact) mass is 375 g/mol. The summed E-state index contributed by atoms with van der Waals surface area (Å²) in [5.41, 5.74) is 8.34. The van der Waals surface area contributed by atoms with Crippen LogP contribution in [-0.2, 0) is 0 Å². The molecule has 2 aliphatic rings. The number of thioether (sulfide) groups is 1. The molecule has 2 atom stereocenters. The molecule has 1 aliphatic heterocycles. The SMILES string of the molecule is O=C(NNc1nc2ccccc2[nH]1)N1c2ccccc2S[C@@H]2C=CC=C[C@H]21. The average molecular weight is 375 g/mol. The maximum absolute atomic E-state index is 13.0. The van der Waals surface area contributed by atoms with E-state index in [-0.39, 0.29) is 17.3 Å². The minimum absolute atomic E-state index is 0.0348. The van der Waals surface area contributed by atoms with Crippen molar-refractivity contribution in [2.24, 2.45) is 0 Å². The fourth-order valence-electron chi connectivity index (χ4n) is 3.41. The third kappa shape index (κ3) is 2.86. The van der Waals surface area contributed by atoms with Crippen LogP contribution in [-0.4, -0.2) is 27.3 Å². The molecule has 1 aliphatic carbocycles. The van der Waals surface area contributed by atoms with Gasteiger partial charge in [0.25, 0.3) is 0 Å². The highest BCUT2D eigenvalue weighted by Gasteiger charge is 2.36. The van der Waals surface area contributed by atoms with Crippen LogP contribution in [0.2, 0.25) is 0 Å². The van der Waals surface area contributed by atoms with Crippen LogP contribution < -0.4 is 15.8 Å². The van der Waals surface area contributed by atoms with E-state index in [1.165, 1.54) is 0 Å². The summed E-state index contributed by atoms with van der Waals surface area (Å²) < 4.78 is 0. The van der Waals surface area contributed by atoms with E-state index < -0.39 is 0 Å². The van der Waals surface area contributed by atoms with Crippen LogP contribution in [0, 0.1) is 0 Å². The molecule has 3 aromatic rings. The van der Waals surface area contributed by atoms with Gasteiger partial charge in [-0.15, -0.1) is 11.8 Å². The summed E-state index contributed by atoms with van der Waals surface area (Å²) in [6.45, 7) is 0. The Morgan fingerprint density at radius 3 is 2.81 bits per heavy atom. The minimum Gasteiger partial charge on any atom is -0.323 e. The number of para-hydroxylation sites is 3. The first-order chi connectivity index (χ1) is 13.3. The largest absolute Gasteiger partial charge is 0.341 e. The van der Waals surface area contributed by atoms with Crippen LogP contribution in [0.3, 0.4) is 0 Å². The molecule has 0 bridgehead atoms. The van der Waals surface area contributed by atoms with E-state index in [9.17, 15) is 4.79 Å². The van der Waals surface area contributed by atoms with Crippen LogP contribution in [0.1, 0.15) is 0 Å². The van der Waals surface area contributed by atoms with Crippen molar-refractivity contribution in [1.82, 2.24) is 15.4 Å². The van der Waals surface area contributed by atoms with Gasteiger partial charge in [-0.2, -0.15) is 0 Å². The van der Waals surface area contributed by atoms with Crippen LogP contribution in [0.4, 0.5) is 16.4 Å². The molecule has 0 radical (unpaired) electrons. The number of hydrogen-bond acceptors (Lipinski definition) is 4. The number of fused-ring (bicyclic) bond motifs is 3. The van der Waals surface area contributed by atoms with E-state index in [4.69, 9.17) is 0 Å². The first-order valence-electron chi connectivity index (χ1n) is 8.70. The number of aromatic amines is 1. The summed E-state index contributed by atoms with van der Waals surface area (Å²) in [6.07, 6.45) is 8.22. The van der Waals surface area contributed by atoms with Crippen LogP contribution >= 0.6 is 11.8 Å². The van der Waals surface area contributed by atoms with Crippen molar-refractivity contribution >= 4 is 40.5 Å². The number of carbonyl (C=O) groups excluding carboxylic acids is 1. The van der Waals surface area contributed by atoms with Crippen LogP contribution in [0.25, 0.3) is 11.0 Å². The quantitative estimate of drug-likeness (QED) is 0.590. The molecule has 0 fully saturated rings. The lowest BCUT2D eigenvalue weighted by atomic mass is 10.1. The second kappa shape index (κ2) is 6.51. The van der Waals surface area contributed by atoms with Crippen molar-refractivity contribution in [3.63, 3.8) is 0 Å². The molecule has 0 unspecified atom stereocenters. The Kier molecular flexibility index (Phi) is 3.86. The van der Waals surface area contributed by atoms with Gasteiger partial charge in [-0.1, -0.05) is 48.6 Å². The van der Waals surface area contributed by atoms with Gasteiger partial charge in [0.1, 0.15) is 0 Å². The fraction of sp³-hybridized carbons (Fsp3) is 0.100. The van der Waals surface area contributed by atoms with Crippen LogP contribution in [0.15, 0.2) is 77.7 Å². The van der Waals surface area contributed by atoms with Gasteiger partial charge >= 0.3 is 6.03 Å². The molecule has 5 rings (SSSR count). The van der Waals surface area contributed by atoms with E-state index in [1.807, 2.05) is 54.6 Å². The number of nitrogens with zero attached hydrogens (tertiary/aromatic N) is 2. The van der Waals surface area contributed by atoms with Gasteiger partial charge in [0.05, 0.1) is 28.0 Å². The Morgan fingerprint density at radius 1 is 1.07 bits per heavy atom. The van der Waals surface area contributed by atoms with Crippen molar-refractivity contribution in [1.29, 1.82) is 0 Å². The maximum Gasteiger partial charge on any atom is 0.341 e. The first kappa shape index (κ1) is 16.0. The Hall–Kier alpha value is -3.19. The third-order valence-corrected chi connectivity index (χ3v) is 5.95. The number of carbonyl (C=O) groups is 1.